The van der Waals surface area contributed by atoms with Crippen molar-refractivity contribution in [3.63, 3.8) is 0 Å². The predicted molar refractivity (Wildman–Crippen MR) is 76.8 cm³/mol. The van der Waals surface area contributed by atoms with Gasteiger partial charge in [0.1, 0.15) is 6.61 Å². The Bertz CT molecular complexity index is 232. The normalized spacial score (nSPS) is 10.8. The van der Waals surface area contributed by atoms with Gasteiger partial charge in [-0.25, -0.2) is 5.06 Å². The molecule has 0 aromatic heterocycles. The lowest BCUT2D eigenvalue weighted by molar-refractivity contribution is -0.173. The molecule has 0 aromatic carbocycles. The second-order valence-electron chi connectivity index (χ2n) is 3.65. The summed E-state index contributed by atoms with van der Waals surface area (Å²) in [5.41, 5.74) is 0. The van der Waals surface area contributed by atoms with Crippen molar-refractivity contribution >= 4 is 21.8 Å². The molecule has 0 saturated carbocycles. The molecule has 0 saturated heterocycles. The SMILES string of the molecule is CON(C)C(=O)COCCOCCOCCOCCBr. The third-order valence-electron chi connectivity index (χ3n) is 2.19. The molecular formula is C12H24BrNO6. The Hall–Kier alpha value is -0.250. The molecule has 0 aliphatic carbocycles. The van der Waals surface area contributed by atoms with Crippen molar-refractivity contribution < 1.29 is 28.6 Å². The van der Waals surface area contributed by atoms with Gasteiger partial charge in [0.05, 0.1) is 53.4 Å². The van der Waals surface area contributed by atoms with Gasteiger partial charge >= 0.3 is 0 Å². The fourth-order valence-electron chi connectivity index (χ4n) is 1.07. The van der Waals surface area contributed by atoms with Crippen LogP contribution in [0.15, 0.2) is 0 Å². The summed E-state index contributed by atoms with van der Waals surface area (Å²) in [6, 6.07) is 0. The molecule has 0 aliphatic rings. The van der Waals surface area contributed by atoms with E-state index in [0.29, 0.717) is 46.2 Å². The summed E-state index contributed by atoms with van der Waals surface area (Å²) in [5.74, 6) is -0.237. The Morgan fingerprint density at radius 3 is 1.80 bits per heavy atom. The second kappa shape index (κ2) is 15.1. The van der Waals surface area contributed by atoms with Crippen LogP contribution in [0, 0.1) is 0 Å². The van der Waals surface area contributed by atoms with Crippen LogP contribution in [0.25, 0.3) is 0 Å². The van der Waals surface area contributed by atoms with Crippen LogP contribution in [0.2, 0.25) is 0 Å². The molecule has 7 nitrogen and oxygen atoms in total. The van der Waals surface area contributed by atoms with Gasteiger partial charge in [-0.3, -0.25) is 9.63 Å². The second-order valence-corrected chi connectivity index (χ2v) is 4.45. The zero-order chi connectivity index (χ0) is 15.1. The topological polar surface area (TPSA) is 66.5 Å². The number of likely N-dealkylation sites (N-methyl/N-ethyl adjacent to an activating group) is 1. The molecule has 0 bridgehead atoms. The van der Waals surface area contributed by atoms with Crippen molar-refractivity contribution in [2.45, 2.75) is 0 Å². The first-order valence-corrected chi connectivity index (χ1v) is 7.52. The molecule has 8 heteroatoms. The Morgan fingerprint density at radius 1 is 0.900 bits per heavy atom. The molecule has 0 heterocycles. The lowest BCUT2D eigenvalue weighted by Gasteiger charge is -2.13. The highest BCUT2D eigenvalue weighted by atomic mass is 79.9. The van der Waals surface area contributed by atoms with Crippen LogP contribution < -0.4 is 0 Å². The van der Waals surface area contributed by atoms with Gasteiger partial charge in [-0.15, -0.1) is 0 Å². The largest absolute Gasteiger partial charge is 0.378 e. The maximum atomic E-state index is 11.3. The Kier molecular flexibility index (Phi) is 15.0. The molecule has 0 radical (unpaired) electrons. The highest BCUT2D eigenvalue weighted by molar-refractivity contribution is 9.09. The fraction of sp³-hybridized carbons (Fsp3) is 0.917. The Morgan fingerprint density at radius 2 is 1.35 bits per heavy atom. The van der Waals surface area contributed by atoms with Gasteiger partial charge < -0.3 is 18.9 Å². The van der Waals surface area contributed by atoms with Crippen LogP contribution in [0.1, 0.15) is 0 Å². The Labute approximate surface area is 128 Å². The first-order valence-electron chi connectivity index (χ1n) is 6.40. The van der Waals surface area contributed by atoms with Crippen molar-refractivity contribution in [2.24, 2.45) is 0 Å². The first kappa shape index (κ1) is 19.8. The average Bonchev–Trinajstić information content (AvgIpc) is 2.47. The highest BCUT2D eigenvalue weighted by Gasteiger charge is 2.06. The molecule has 0 N–H and O–H groups in total. The average molecular weight is 358 g/mol. The van der Waals surface area contributed by atoms with Crippen LogP contribution in [0.5, 0.6) is 0 Å². The van der Waals surface area contributed by atoms with Gasteiger partial charge in [-0.1, -0.05) is 15.9 Å². The van der Waals surface area contributed by atoms with Crippen molar-refractivity contribution in [1.29, 1.82) is 0 Å². The summed E-state index contributed by atoms with van der Waals surface area (Å²) in [4.78, 5) is 16.0. The van der Waals surface area contributed by atoms with E-state index in [1.165, 1.54) is 14.2 Å². The van der Waals surface area contributed by atoms with Crippen molar-refractivity contribution in [3.05, 3.63) is 0 Å². The van der Waals surface area contributed by atoms with E-state index in [9.17, 15) is 4.79 Å². The quantitative estimate of drug-likeness (QED) is 0.256. The first-order chi connectivity index (χ1) is 9.72. The summed E-state index contributed by atoms with van der Waals surface area (Å²) in [7, 11) is 2.95. The number of carbonyl (C=O) groups excluding carboxylic acids is 1. The van der Waals surface area contributed by atoms with Gasteiger partial charge in [0, 0.05) is 12.4 Å². The maximum absolute atomic E-state index is 11.3. The van der Waals surface area contributed by atoms with Crippen LogP contribution >= 0.6 is 15.9 Å². The van der Waals surface area contributed by atoms with Gasteiger partial charge in [-0.2, -0.15) is 0 Å². The van der Waals surface area contributed by atoms with E-state index in [2.05, 4.69) is 15.9 Å². The number of ether oxygens (including phenoxy) is 4. The summed E-state index contributed by atoms with van der Waals surface area (Å²) < 4.78 is 20.9. The number of hydrogen-bond acceptors (Lipinski definition) is 6. The molecule has 120 valence electrons. The maximum Gasteiger partial charge on any atom is 0.271 e. The fourth-order valence-corrected chi connectivity index (χ4v) is 1.30. The summed E-state index contributed by atoms with van der Waals surface area (Å²) in [5, 5.41) is 1.95. The highest BCUT2D eigenvalue weighted by Crippen LogP contribution is 1.87. The van der Waals surface area contributed by atoms with Gasteiger partial charge in [-0.05, 0) is 0 Å². The predicted octanol–water partition coefficient (Wildman–Crippen LogP) is 0.468. The minimum atomic E-state index is -0.237. The zero-order valence-corrected chi connectivity index (χ0v) is 13.7. The van der Waals surface area contributed by atoms with Crippen molar-refractivity contribution in [3.8, 4) is 0 Å². The number of hydroxylamine groups is 2. The lowest BCUT2D eigenvalue weighted by Crippen LogP contribution is -2.29. The summed E-state index contributed by atoms with van der Waals surface area (Å²) in [6.45, 7) is 3.61. The van der Waals surface area contributed by atoms with Gasteiger partial charge in [0.25, 0.3) is 5.91 Å². The number of nitrogens with zero attached hydrogens (tertiary/aromatic N) is 1. The Balaban J connectivity index is 3.11. The molecule has 0 rings (SSSR count). The molecule has 20 heavy (non-hydrogen) atoms. The number of halogens is 1. The molecular weight excluding hydrogens is 334 g/mol. The molecule has 0 fully saturated rings. The molecule has 1 amide bonds. The molecule has 0 spiro atoms. The van der Waals surface area contributed by atoms with E-state index in [1.807, 2.05) is 0 Å². The number of hydrogen-bond donors (Lipinski definition) is 0. The van der Waals surface area contributed by atoms with E-state index >= 15 is 0 Å². The van der Waals surface area contributed by atoms with E-state index in [-0.39, 0.29) is 12.5 Å². The van der Waals surface area contributed by atoms with Crippen LogP contribution in [0.4, 0.5) is 0 Å². The van der Waals surface area contributed by atoms with Crippen molar-refractivity contribution in [2.75, 3.05) is 72.3 Å². The van der Waals surface area contributed by atoms with Crippen LogP contribution in [-0.2, 0) is 28.6 Å². The van der Waals surface area contributed by atoms with Crippen LogP contribution in [0.3, 0.4) is 0 Å². The van der Waals surface area contributed by atoms with E-state index < -0.39 is 0 Å². The van der Waals surface area contributed by atoms with Gasteiger partial charge in [0.2, 0.25) is 0 Å². The van der Waals surface area contributed by atoms with Crippen LogP contribution in [-0.4, -0.2) is 83.3 Å². The number of carbonyl (C=O) groups is 1. The molecule has 0 aliphatic heterocycles. The third-order valence-corrected chi connectivity index (χ3v) is 2.51. The molecule has 0 unspecified atom stereocenters. The summed E-state index contributed by atoms with van der Waals surface area (Å²) >= 11 is 3.27. The van der Waals surface area contributed by atoms with E-state index in [4.69, 9.17) is 23.8 Å². The van der Waals surface area contributed by atoms with Crippen molar-refractivity contribution in [1.82, 2.24) is 5.06 Å². The monoisotopic (exact) mass is 357 g/mol. The number of rotatable bonds is 14. The van der Waals surface area contributed by atoms with E-state index in [1.54, 1.807) is 0 Å². The lowest BCUT2D eigenvalue weighted by atomic mass is 10.6. The summed E-state index contributed by atoms with van der Waals surface area (Å²) in [6.07, 6.45) is 0. The molecule has 0 atom stereocenters. The third kappa shape index (κ3) is 12.8. The van der Waals surface area contributed by atoms with E-state index in [0.717, 1.165) is 10.4 Å². The number of amides is 1. The standard InChI is InChI=1S/C12H24BrNO6/c1-14(16-2)12(15)11-20-10-9-19-8-7-18-6-5-17-4-3-13/h3-11H2,1-2H3. The minimum absolute atomic E-state index is 0.0187. The zero-order valence-electron chi connectivity index (χ0n) is 12.1. The molecule has 0 aromatic rings. The number of alkyl halides is 1. The van der Waals surface area contributed by atoms with Gasteiger partial charge in [0.15, 0.2) is 0 Å². The minimum Gasteiger partial charge on any atom is -0.378 e. The smallest absolute Gasteiger partial charge is 0.271 e.